The van der Waals surface area contributed by atoms with E-state index in [2.05, 4.69) is 30.9 Å². The molecule has 200 valence electrons. The Hall–Kier alpha value is -2.72. The number of nitrogens with one attached hydrogen (secondary N) is 1. The van der Waals surface area contributed by atoms with Crippen LogP contribution in [0.4, 0.5) is 0 Å². The number of aromatic nitrogens is 4. The van der Waals surface area contributed by atoms with Gasteiger partial charge < -0.3 is 9.72 Å². The lowest BCUT2D eigenvalue weighted by Gasteiger charge is -2.39. The number of H-pyrrole nitrogens is 1. The average molecular weight is 528 g/mol. The van der Waals surface area contributed by atoms with Gasteiger partial charge in [-0.1, -0.05) is 34.1 Å². The Morgan fingerprint density at radius 1 is 1.19 bits per heavy atom. The summed E-state index contributed by atoms with van der Waals surface area (Å²) in [5, 5.41) is 4.49. The number of hydrogen-bond donors (Lipinski definition) is 1. The zero-order valence-electron chi connectivity index (χ0n) is 22.6. The number of benzene rings is 1. The summed E-state index contributed by atoms with van der Waals surface area (Å²) in [4.78, 5) is 20.9. The molecule has 1 saturated carbocycles. The fraction of sp³-hybridized carbons (Fsp3) is 0.593. The van der Waals surface area contributed by atoms with E-state index >= 15 is 0 Å². The highest BCUT2D eigenvalue weighted by Crippen LogP contribution is 2.53. The number of ether oxygens (including phenoxy) is 1. The zero-order valence-corrected chi connectivity index (χ0v) is 23.4. The molecule has 2 aromatic heterocycles. The van der Waals surface area contributed by atoms with Crippen molar-refractivity contribution in [2.24, 2.45) is 17.9 Å². The van der Waals surface area contributed by atoms with E-state index in [0.717, 1.165) is 31.4 Å². The van der Waals surface area contributed by atoms with Crippen molar-refractivity contribution >= 4 is 21.1 Å². The lowest BCUT2D eigenvalue weighted by molar-refractivity contribution is 0.133. The molecule has 2 atom stereocenters. The van der Waals surface area contributed by atoms with Gasteiger partial charge in [0.05, 0.1) is 22.8 Å². The van der Waals surface area contributed by atoms with Crippen LogP contribution in [0.1, 0.15) is 66.0 Å². The van der Waals surface area contributed by atoms with Crippen LogP contribution in [0.5, 0.6) is 5.75 Å². The van der Waals surface area contributed by atoms with E-state index in [0.29, 0.717) is 41.9 Å². The standard InChI is InChI=1S/C27H37N5O4S/c1-7-9-20-22-23(31(6)30-20)25(33)29-24(28-22)19-12-18(10-11-21(19)36-8-2)37(34,35)32-16-27(5)14-17(32)13-26(3,4)15-27/h10-12,17H,7-9,13-16H2,1-6H3,(H,28,29,33)/t17-,27+/m0/s1. The first-order chi connectivity index (χ1) is 17.4. The van der Waals surface area contributed by atoms with Gasteiger partial charge in [-0.2, -0.15) is 9.40 Å². The number of aromatic amines is 1. The van der Waals surface area contributed by atoms with Crippen LogP contribution in [0.2, 0.25) is 0 Å². The molecule has 0 amide bonds. The second kappa shape index (κ2) is 8.94. The summed E-state index contributed by atoms with van der Waals surface area (Å²) in [6.45, 7) is 11.5. The Morgan fingerprint density at radius 2 is 1.95 bits per heavy atom. The molecule has 0 radical (unpaired) electrons. The van der Waals surface area contributed by atoms with Crippen molar-refractivity contribution in [1.29, 1.82) is 0 Å². The fourth-order valence-corrected chi connectivity index (χ4v) is 8.54. The van der Waals surface area contributed by atoms with Crippen LogP contribution >= 0.6 is 0 Å². The van der Waals surface area contributed by atoms with E-state index in [1.54, 1.807) is 34.2 Å². The Balaban J connectivity index is 1.62. The number of aryl methyl sites for hydroxylation is 2. The minimum atomic E-state index is -3.77. The summed E-state index contributed by atoms with van der Waals surface area (Å²) in [7, 11) is -2.04. The van der Waals surface area contributed by atoms with Crippen molar-refractivity contribution in [3.8, 4) is 17.1 Å². The molecule has 1 aromatic carbocycles. The summed E-state index contributed by atoms with van der Waals surface area (Å²) in [5.41, 5.74) is 1.87. The van der Waals surface area contributed by atoms with Gasteiger partial charge in [-0.25, -0.2) is 13.4 Å². The fourth-order valence-electron chi connectivity index (χ4n) is 6.74. The highest BCUT2D eigenvalue weighted by molar-refractivity contribution is 7.89. The largest absolute Gasteiger partial charge is 0.493 e. The summed E-state index contributed by atoms with van der Waals surface area (Å²) in [6.07, 6.45) is 4.28. The first kappa shape index (κ1) is 25.9. The molecule has 5 rings (SSSR count). The van der Waals surface area contributed by atoms with E-state index in [-0.39, 0.29) is 33.2 Å². The van der Waals surface area contributed by atoms with Crippen molar-refractivity contribution in [3.63, 3.8) is 0 Å². The zero-order chi connectivity index (χ0) is 26.8. The second-order valence-corrected chi connectivity index (χ2v) is 13.7. The molecule has 3 aromatic rings. The lowest BCUT2D eigenvalue weighted by atomic mass is 9.65. The SMILES string of the molecule is CCCc1nn(C)c2c(=O)[nH]c(-c3cc(S(=O)(=O)N4C[C@]5(C)C[C@@H]4CC(C)(C)C5)ccc3OCC)nc12. The Morgan fingerprint density at radius 3 is 2.65 bits per heavy atom. The molecule has 1 aliphatic heterocycles. The average Bonchev–Trinajstić information content (AvgIpc) is 3.26. The molecule has 2 fully saturated rings. The van der Waals surface area contributed by atoms with Gasteiger partial charge in [0.1, 0.15) is 17.1 Å². The molecular formula is C27H37N5O4S. The predicted molar refractivity (Wildman–Crippen MR) is 143 cm³/mol. The molecule has 2 bridgehead atoms. The van der Waals surface area contributed by atoms with Gasteiger partial charge in [-0.15, -0.1) is 0 Å². The van der Waals surface area contributed by atoms with Crippen LogP contribution in [-0.4, -0.2) is 51.7 Å². The van der Waals surface area contributed by atoms with Crippen LogP contribution in [0.25, 0.3) is 22.4 Å². The van der Waals surface area contributed by atoms with Crippen molar-refractivity contribution in [3.05, 3.63) is 34.2 Å². The molecule has 10 heteroatoms. The minimum absolute atomic E-state index is 0.0185. The highest BCUT2D eigenvalue weighted by Gasteiger charge is 2.53. The molecular weight excluding hydrogens is 490 g/mol. The second-order valence-electron chi connectivity index (χ2n) is 11.8. The van der Waals surface area contributed by atoms with Crippen molar-refractivity contribution in [2.45, 2.75) is 77.7 Å². The quantitative estimate of drug-likeness (QED) is 0.492. The molecule has 9 nitrogen and oxygen atoms in total. The number of rotatable bonds is 7. The van der Waals surface area contributed by atoms with E-state index in [9.17, 15) is 13.2 Å². The molecule has 2 aliphatic rings. The topological polar surface area (TPSA) is 110 Å². The molecule has 1 aliphatic carbocycles. The van der Waals surface area contributed by atoms with Crippen molar-refractivity contribution < 1.29 is 13.2 Å². The van der Waals surface area contributed by atoms with Gasteiger partial charge in [0.25, 0.3) is 5.56 Å². The molecule has 0 spiro atoms. The maximum absolute atomic E-state index is 14.0. The number of hydrogen-bond acceptors (Lipinski definition) is 6. The Labute approximate surface area is 218 Å². The van der Waals surface area contributed by atoms with Gasteiger partial charge in [0, 0.05) is 19.6 Å². The third kappa shape index (κ3) is 4.48. The molecule has 1 saturated heterocycles. The van der Waals surface area contributed by atoms with Crippen LogP contribution in [0, 0.1) is 10.8 Å². The van der Waals surface area contributed by atoms with Crippen LogP contribution in [0.15, 0.2) is 27.9 Å². The van der Waals surface area contributed by atoms with E-state index in [1.807, 2.05) is 13.8 Å². The lowest BCUT2D eigenvalue weighted by Crippen LogP contribution is -2.37. The maximum Gasteiger partial charge on any atom is 0.277 e. The van der Waals surface area contributed by atoms with Gasteiger partial charge in [0.2, 0.25) is 10.0 Å². The van der Waals surface area contributed by atoms with E-state index in [1.165, 1.54) is 0 Å². The van der Waals surface area contributed by atoms with Crippen molar-refractivity contribution in [2.75, 3.05) is 13.2 Å². The van der Waals surface area contributed by atoms with E-state index in [4.69, 9.17) is 9.72 Å². The van der Waals surface area contributed by atoms with Gasteiger partial charge in [-0.05, 0) is 61.6 Å². The Kier molecular flexibility index (Phi) is 6.26. The van der Waals surface area contributed by atoms with Crippen LogP contribution in [-0.2, 0) is 23.5 Å². The first-order valence-corrected chi connectivity index (χ1v) is 14.6. The molecule has 0 unspecified atom stereocenters. The highest BCUT2D eigenvalue weighted by atomic mass is 32.2. The molecule has 1 N–H and O–H groups in total. The minimum Gasteiger partial charge on any atom is -0.493 e. The smallest absolute Gasteiger partial charge is 0.277 e. The predicted octanol–water partition coefficient (Wildman–Crippen LogP) is 4.26. The summed E-state index contributed by atoms with van der Waals surface area (Å²) in [6, 6.07) is 4.84. The maximum atomic E-state index is 14.0. The van der Waals surface area contributed by atoms with Gasteiger partial charge >= 0.3 is 0 Å². The van der Waals surface area contributed by atoms with Crippen LogP contribution < -0.4 is 10.3 Å². The van der Waals surface area contributed by atoms with Gasteiger partial charge in [0.15, 0.2) is 5.52 Å². The van der Waals surface area contributed by atoms with Crippen molar-refractivity contribution in [1.82, 2.24) is 24.1 Å². The van der Waals surface area contributed by atoms with E-state index < -0.39 is 10.0 Å². The van der Waals surface area contributed by atoms with Crippen LogP contribution in [0.3, 0.4) is 0 Å². The first-order valence-electron chi connectivity index (χ1n) is 13.1. The summed E-state index contributed by atoms with van der Waals surface area (Å²) in [5.74, 6) is 0.745. The Bertz CT molecular complexity index is 1520. The molecule has 37 heavy (non-hydrogen) atoms. The number of fused-ring (bicyclic) bond motifs is 3. The number of nitrogens with zero attached hydrogens (tertiary/aromatic N) is 4. The summed E-state index contributed by atoms with van der Waals surface area (Å²) >= 11 is 0. The van der Waals surface area contributed by atoms with Gasteiger partial charge in [-0.3, -0.25) is 9.48 Å². The third-order valence-electron chi connectivity index (χ3n) is 7.73. The number of sulfonamides is 1. The normalized spacial score (nSPS) is 23.6. The third-order valence-corrected chi connectivity index (χ3v) is 9.62. The monoisotopic (exact) mass is 527 g/mol. The molecule has 3 heterocycles. The summed E-state index contributed by atoms with van der Waals surface area (Å²) < 4.78 is 37.1.